The molecule has 0 radical (unpaired) electrons. The molecule has 3 atom stereocenters. The van der Waals surface area contributed by atoms with Crippen molar-refractivity contribution in [1.29, 1.82) is 0 Å². The van der Waals surface area contributed by atoms with Crippen LogP contribution >= 0.6 is 0 Å². The third kappa shape index (κ3) is 5.02. The van der Waals surface area contributed by atoms with Gasteiger partial charge in [0.2, 0.25) is 0 Å². The van der Waals surface area contributed by atoms with Gasteiger partial charge in [0.25, 0.3) is 0 Å². The molecule has 1 nitrogen and oxygen atoms in total. The summed E-state index contributed by atoms with van der Waals surface area (Å²) in [5.41, 5.74) is -0.483. The summed E-state index contributed by atoms with van der Waals surface area (Å²) >= 11 is -2.32. The van der Waals surface area contributed by atoms with E-state index in [-0.39, 0.29) is 5.92 Å². The zero-order chi connectivity index (χ0) is 18.3. The molecule has 1 rings (SSSR count). The molecule has 0 bridgehead atoms. The molecule has 2 heteroatoms. The van der Waals surface area contributed by atoms with Gasteiger partial charge < -0.3 is 0 Å². The molecule has 1 aliphatic rings. The van der Waals surface area contributed by atoms with Crippen LogP contribution in [0.15, 0.2) is 12.7 Å². The Morgan fingerprint density at radius 3 is 1.83 bits per heavy atom. The van der Waals surface area contributed by atoms with Crippen LogP contribution in [0.1, 0.15) is 92.4 Å². The van der Waals surface area contributed by atoms with Crippen molar-refractivity contribution in [2.24, 2.45) is 5.92 Å². The first kappa shape index (κ1) is 22.5. The van der Waals surface area contributed by atoms with Gasteiger partial charge in [0.1, 0.15) is 0 Å². The maximum atomic E-state index is 11.3. The second-order valence-corrected chi connectivity index (χ2v) is 24.0. The molecule has 0 aromatic carbocycles. The fourth-order valence-corrected chi connectivity index (χ4v) is 25.2. The van der Waals surface area contributed by atoms with Crippen LogP contribution in [-0.4, -0.2) is 29.1 Å². The summed E-state index contributed by atoms with van der Waals surface area (Å²) < 4.78 is 5.15. The quantitative estimate of drug-likeness (QED) is 0.247. The van der Waals surface area contributed by atoms with Crippen molar-refractivity contribution in [2.45, 2.75) is 115 Å². The van der Waals surface area contributed by atoms with Crippen LogP contribution in [-0.2, 0) is 0 Å². The van der Waals surface area contributed by atoms with Crippen molar-refractivity contribution in [3.63, 3.8) is 0 Å². The van der Waals surface area contributed by atoms with Crippen molar-refractivity contribution in [2.75, 3.05) is 0 Å². The zero-order valence-electron chi connectivity index (χ0n) is 17.3. The monoisotopic (exact) mass is 444 g/mol. The Morgan fingerprint density at radius 2 is 1.46 bits per heavy atom. The van der Waals surface area contributed by atoms with Gasteiger partial charge in [-0.3, -0.25) is 0 Å². The third-order valence-corrected chi connectivity index (χ3v) is 27.1. The van der Waals surface area contributed by atoms with Gasteiger partial charge in [-0.15, -0.1) is 0 Å². The molecule has 0 aromatic rings. The molecule has 142 valence electrons. The third-order valence-electron chi connectivity index (χ3n) is 7.31. The van der Waals surface area contributed by atoms with E-state index >= 15 is 0 Å². The van der Waals surface area contributed by atoms with E-state index in [1.807, 2.05) is 6.08 Å². The van der Waals surface area contributed by atoms with Crippen LogP contribution in [0.5, 0.6) is 0 Å². The topological polar surface area (TPSA) is 20.2 Å². The van der Waals surface area contributed by atoms with E-state index in [1.165, 1.54) is 44.9 Å². The molecule has 0 amide bonds. The fraction of sp³-hybridized carbons (Fsp3) is 0.909. The van der Waals surface area contributed by atoms with Gasteiger partial charge in [-0.25, -0.2) is 0 Å². The first-order chi connectivity index (χ1) is 11.3. The molecular formula is C22H44OSn. The van der Waals surface area contributed by atoms with E-state index in [0.29, 0.717) is 3.43 Å². The summed E-state index contributed by atoms with van der Waals surface area (Å²) in [4.78, 5) is 0. The molecule has 1 saturated carbocycles. The molecule has 0 saturated heterocycles. The van der Waals surface area contributed by atoms with E-state index in [4.69, 9.17) is 0 Å². The molecule has 0 heterocycles. The zero-order valence-corrected chi connectivity index (χ0v) is 20.1. The molecule has 1 fully saturated rings. The van der Waals surface area contributed by atoms with E-state index in [0.717, 1.165) is 12.8 Å². The average Bonchev–Trinajstić information content (AvgIpc) is 2.91. The van der Waals surface area contributed by atoms with Gasteiger partial charge in [-0.1, -0.05) is 0 Å². The van der Waals surface area contributed by atoms with E-state index in [1.54, 1.807) is 13.3 Å². The number of hydrogen-bond donors (Lipinski definition) is 1. The maximum absolute atomic E-state index is 11.3. The molecule has 0 aliphatic heterocycles. The number of hydrogen-bond acceptors (Lipinski definition) is 1. The summed E-state index contributed by atoms with van der Waals surface area (Å²) in [5.74, 6) is 0.229. The minimum absolute atomic E-state index is 0.229. The summed E-state index contributed by atoms with van der Waals surface area (Å²) in [7, 11) is 0. The van der Waals surface area contributed by atoms with E-state index in [2.05, 4.69) is 41.2 Å². The predicted molar refractivity (Wildman–Crippen MR) is 111 cm³/mol. The molecule has 1 aliphatic carbocycles. The molecule has 0 spiro atoms. The summed E-state index contributed by atoms with van der Waals surface area (Å²) in [6.45, 7) is 15.8. The second-order valence-electron chi connectivity index (χ2n) is 8.96. The molecule has 24 heavy (non-hydrogen) atoms. The Labute approximate surface area is 156 Å². The van der Waals surface area contributed by atoms with Crippen molar-refractivity contribution in [3.8, 4) is 0 Å². The van der Waals surface area contributed by atoms with Crippen LogP contribution in [0.3, 0.4) is 0 Å². The van der Waals surface area contributed by atoms with Gasteiger partial charge >= 0.3 is 157 Å². The Balaban J connectivity index is 3.12. The van der Waals surface area contributed by atoms with Gasteiger partial charge in [-0.2, -0.15) is 0 Å². The van der Waals surface area contributed by atoms with Gasteiger partial charge in [0, 0.05) is 0 Å². The Kier molecular flexibility index (Phi) is 9.39. The van der Waals surface area contributed by atoms with Gasteiger partial charge in [0.05, 0.1) is 0 Å². The number of rotatable bonds is 12. The molecule has 2 unspecified atom stereocenters. The van der Waals surface area contributed by atoms with Gasteiger partial charge in [-0.05, 0) is 0 Å². The van der Waals surface area contributed by atoms with Gasteiger partial charge in [0.15, 0.2) is 0 Å². The summed E-state index contributed by atoms with van der Waals surface area (Å²) in [6.07, 6.45) is 13.6. The standard InChI is InChI=1S/C10H17O.3C4H9.Sn/c1-4-9(3)10(11)6-5-8(2)7-10;3*1-3-4-2;/h4,9,11H,1,5-7H2,2-3H3;3*1,3-4H2,2H3;/t9?,10-;;;;/m0..../s1. The van der Waals surface area contributed by atoms with Crippen LogP contribution < -0.4 is 0 Å². The SMILES string of the molecule is C=CC(C)[C@]1(O)CC[C](C)([Sn]([CH2]CCC)([CH2]CCC)[CH2]CCC)C1. The normalized spacial score (nSPS) is 28.9. The van der Waals surface area contributed by atoms with E-state index in [9.17, 15) is 5.11 Å². The van der Waals surface area contributed by atoms with Crippen molar-refractivity contribution >= 4 is 18.4 Å². The first-order valence-electron chi connectivity index (χ1n) is 10.7. The number of unbranched alkanes of at least 4 members (excludes halogenated alkanes) is 3. The molecular weight excluding hydrogens is 399 g/mol. The summed E-state index contributed by atoms with van der Waals surface area (Å²) in [5, 5.41) is 11.3. The Morgan fingerprint density at radius 1 is 1.00 bits per heavy atom. The molecule has 0 aromatic heterocycles. The van der Waals surface area contributed by atoms with Crippen LogP contribution in [0.25, 0.3) is 0 Å². The predicted octanol–water partition coefficient (Wildman–Crippen LogP) is 7.33. The van der Waals surface area contributed by atoms with Crippen LogP contribution in [0.4, 0.5) is 0 Å². The minimum atomic E-state index is -2.32. The Bertz CT molecular complexity index is 358. The van der Waals surface area contributed by atoms with Crippen molar-refractivity contribution < 1.29 is 5.11 Å². The fourth-order valence-electron chi connectivity index (χ4n) is 5.23. The first-order valence-corrected chi connectivity index (χ1v) is 18.2. The van der Waals surface area contributed by atoms with E-state index < -0.39 is 24.0 Å². The van der Waals surface area contributed by atoms with Crippen LogP contribution in [0, 0.1) is 5.92 Å². The molecule has 1 N–H and O–H groups in total. The van der Waals surface area contributed by atoms with Crippen molar-refractivity contribution in [1.82, 2.24) is 0 Å². The Hall–Kier alpha value is 0.499. The summed E-state index contributed by atoms with van der Waals surface area (Å²) in [6, 6.07) is 0. The second kappa shape index (κ2) is 9.99. The van der Waals surface area contributed by atoms with Crippen molar-refractivity contribution in [3.05, 3.63) is 12.7 Å². The van der Waals surface area contributed by atoms with Crippen LogP contribution in [0.2, 0.25) is 16.7 Å². The average molecular weight is 443 g/mol. The number of aliphatic hydroxyl groups is 1.